The van der Waals surface area contributed by atoms with Gasteiger partial charge in [-0.05, 0) is 6.07 Å². The van der Waals surface area contributed by atoms with Crippen molar-refractivity contribution in [3.8, 4) is 0 Å². The summed E-state index contributed by atoms with van der Waals surface area (Å²) in [4.78, 5) is 17.6. The summed E-state index contributed by atoms with van der Waals surface area (Å²) in [5.74, 6) is -0.484. The monoisotopic (exact) mass is 267 g/mol. The second kappa shape index (κ2) is 6.30. The van der Waals surface area contributed by atoms with Crippen LogP contribution < -0.4 is 10.6 Å². The molecule has 0 aromatic carbocycles. The number of methoxy groups -OCH3 is 1. The Balaban J connectivity index is 2.87. The summed E-state index contributed by atoms with van der Waals surface area (Å²) in [7, 11) is 3.24. The first-order valence-corrected chi connectivity index (χ1v) is 5.91. The minimum atomic E-state index is -0.248. The summed E-state index contributed by atoms with van der Waals surface area (Å²) in [6.07, 6.45) is 3.31. The van der Waals surface area contributed by atoms with E-state index in [1.165, 1.54) is 7.11 Å². The highest BCUT2D eigenvalue weighted by Crippen LogP contribution is 2.19. The predicted molar refractivity (Wildman–Crippen MR) is 74.6 cm³/mol. The summed E-state index contributed by atoms with van der Waals surface area (Å²) in [5, 5.41) is 0. The second-order valence-corrected chi connectivity index (χ2v) is 4.50. The molecule has 1 heterocycles. The van der Waals surface area contributed by atoms with Gasteiger partial charge in [-0.25, -0.2) is 0 Å². The third-order valence-electron chi connectivity index (χ3n) is 2.63. The van der Waals surface area contributed by atoms with Crippen LogP contribution in [0, 0.1) is 5.92 Å². The molecule has 1 atom stereocenters. The molecule has 1 unspecified atom stereocenters. The highest BCUT2D eigenvalue weighted by molar-refractivity contribution is 7.80. The highest BCUT2D eigenvalue weighted by Gasteiger charge is 2.17. The number of carbonyl (C=O) groups is 1. The van der Waals surface area contributed by atoms with Gasteiger partial charge in [0.25, 0.3) is 0 Å². The Morgan fingerprint density at radius 1 is 1.67 bits per heavy atom. The number of aromatic nitrogens is 1. The Morgan fingerprint density at radius 3 is 2.89 bits per heavy atom. The highest BCUT2D eigenvalue weighted by atomic mass is 32.1. The molecular weight excluding hydrogens is 250 g/mol. The Hall–Kier alpha value is -1.69. The predicted octanol–water partition coefficient (Wildman–Crippen LogP) is 0.961. The zero-order chi connectivity index (χ0) is 13.7. The van der Waals surface area contributed by atoms with E-state index in [4.69, 9.17) is 22.7 Å². The molecule has 0 bridgehead atoms. The molecule has 0 fully saturated rings. The fourth-order valence-electron chi connectivity index (χ4n) is 1.68. The second-order valence-electron chi connectivity index (χ2n) is 4.06. The van der Waals surface area contributed by atoms with E-state index >= 15 is 0 Å². The summed E-state index contributed by atoms with van der Waals surface area (Å²) in [6.45, 7) is 2.31. The maximum atomic E-state index is 11.4. The van der Waals surface area contributed by atoms with E-state index in [9.17, 15) is 4.79 Å². The van der Waals surface area contributed by atoms with Gasteiger partial charge < -0.3 is 15.4 Å². The molecule has 0 aliphatic heterocycles. The van der Waals surface area contributed by atoms with Gasteiger partial charge in [0.15, 0.2) is 0 Å². The number of ether oxygens (including phenoxy) is 1. The van der Waals surface area contributed by atoms with E-state index < -0.39 is 0 Å². The van der Waals surface area contributed by atoms with Gasteiger partial charge in [0.1, 0.15) is 4.99 Å². The standard InChI is InChI=1S/C12H17N3O2S/c1-8(12(16)17-3)7-15(2)10-6-14-5-4-9(10)11(13)18/h4-6,8H,7H2,1-3H3,(H2,13,18). The largest absolute Gasteiger partial charge is 0.469 e. The summed E-state index contributed by atoms with van der Waals surface area (Å²) in [5.41, 5.74) is 7.21. The lowest BCUT2D eigenvalue weighted by Crippen LogP contribution is -2.30. The average Bonchev–Trinajstić information content (AvgIpc) is 2.37. The topological polar surface area (TPSA) is 68.5 Å². The zero-order valence-electron chi connectivity index (χ0n) is 10.7. The molecule has 0 amide bonds. The van der Waals surface area contributed by atoms with Gasteiger partial charge in [-0.15, -0.1) is 0 Å². The van der Waals surface area contributed by atoms with Crippen LogP contribution in [0.5, 0.6) is 0 Å². The van der Waals surface area contributed by atoms with Gasteiger partial charge in [-0.1, -0.05) is 19.1 Å². The first-order chi connectivity index (χ1) is 8.47. The number of thiocarbonyl (C=S) groups is 1. The molecule has 0 spiro atoms. The van der Waals surface area contributed by atoms with Gasteiger partial charge >= 0.3 is 5.97 Å². The van der Waals surface area contributed by atoms with Crippen molar-refractivity contribution in [2.24, 2.45) is 11.7 Å². The van der Waals surface area contributed by atoms with E-state index in [0.717, 1.165) is 11.3 Å². The molecule has 1 rings (SSSR count). The maximum Gasteiger partial charge on any atom is 0.310 e. The van der Waals surface area contributed by atoms with Crippen molar-refractivity contribution in [2.75, 3.05) is 25.6 Å². The average molecular weight is 267 g/mol. The number of carbonyl (C=O) groups excluding carboxylic acids is 1. The van der Waals surface area contributed by atoms with Crippen LogP contribution in [-0.4, -0.2) is 36.6 Å². The number of esters is 1. The smallest absolute Gasteiger partial charge is 0.310 e. The van der Waals surface area contributed by atoms with E-state index in [-0.39, 0.29) is 11.9 Å². The SMILES string of the molecule is COC(=O)C(C)CN(C)c1cnccc1C(N)=S. The molecule has 0 radical (unpaired) electrons. The number of hydrogen-bond donors (Lipinski definition) is 1. The van der Waals surface area contributed by atoms with Crippen LogP contribution in [0.2, 0.25) is 0 Å². The molecule has 1 aromatic rings. The summed E-state index contributed by atoms with van der Waals surface area (Å²) in [6, 6.07) is 1.76. The van der Waals surface area contributed by atoms with Crippen LogP contribution in [0.25, 0.3) is 0 Å². The lowest BCUT2D eigenvalue weighted by molar-refractivity contribution is -0.144. The fourth-order valence-corrected chi connectivity index (χ4v) is 1.86. The van der Waals surface area contributed by atoms with E-state index in [0.29, 0.717) is 11.5 Å². The van der Waals surface area contributed by atoms with Crippen LogP contribution in [0.4, 0.5) is 5.69 Å². The van der Waals surface area contributed by atoms with Crippen LogP contribution in [0.3, 0.4) is 0 Å². The van der Waals surface area contributed by atoms with Crippen molar-refractivity contribution < 1.29 is 9.53 Å². The van der Waals surface area contributed by atoms with Gasteiger partial charge in [0, 0.05) is 25.4 Å². The molecule has 6 heteroatoms. The van der Waals surface area contributed by atoms with Gasteiger partial charge in [-0.3, -0.25) is 9.78 Å². The Morgan fingerprint density at radius 2 is 2.33 bits per heavy atom. The number of hydrogen-bond acceptors (Lipinski definition) is 5. The molecule has 0 aliphatic carbocycles. The molecule has 0 saturated carbocycles. The van der Waals surface area contributed by atoms with Crippen LogP contribution in [0.1, 0.15) is 12.5 Å². The molecule has 2 N–H and O–H groups in total. The van der Waals surface area contributed by atoms with Crippen molar-refractivity contribution in [1.82, 2.24) is 4.98 Å². The van der Waals surface area contributed by atoms with E-state index in [1.807, 2.05) is 11.9 Å². The first-order valence-electron chi connectivity index (χ1n) is 5.50. The molecule has 5 nitrogen and oxygen atoms in total. The van der Waals surface area contributed by atoms with Crippen molar-refractivity contribution >= 4 is 28.9 Å². The van der Waals surface area contributed by atoms with Crippen molar-refractivity contribution in [3.05, 3.63) is 24.0 Å². The summed E-state index contributed by atoms with van der Waals surface area (Å²) >= 11 is 4.99. The normalized spacial score (nSPS) is 11.7. The van der Waals surface area contributed by atoms with Gasteiger partial charge in [0.05, 0.1) is 24.9 Å². The first kappa shape index (κ1) is 14.4. The van der Waals surface area contributed by atoms with Crippen molar-refractivity contribution in [2.45, 2.75) is 6.92 Å². The number of pyridine rings is 1. The number of nitrogens with two attached hydrogens (primary N) is 1. The fraction of sp³-hybridized carbons (Fsp3) is 0.417. The molecule has 0 saturated heterocycles. The molecule has 18 heavy (non-hydrogen) atoms. The summed E-state index contributed by atoms with van der Waals surface area (Å²) < 4.78 is 4.69. The quantitative estimate of drug-likeness (QED) is 0.633. The Labute approximate surface area is 112 Å². The number of rotatable bonds is 5. The number of nitrogens with zero attached hydrogens (tertiary/aromatic N) is 2. The van der Waals surface area contributed by atoms with E-state index in [2.05, 4.69) is 4.98 Å². The minimum absolute atomic E-state index is 0.237. The zero-order valence-corrected chi connectivity index (χ0v) is 11.5. The maximum absolute atomic E-state index is 11.4. The van der Waals surface area contributed by atoms with Crippen LogP contribution in [0.15, 0.2) is 18.5 Å². The third-order valence-corrected chi connectivity index (χ3v) is 2.85. The lowest BCUT2D eigenvalue weighted by Gasteiger charge is -2.23. The Kier molecular flexibility index (Phi) is 5.03. The van der Waals surface area contributed by atoms with Crippen LogP contribution in [-0.2, 0) is 9.53 Å². The Bertz CT molecular complexity index is 451. The molecular formula is C12H17N3O2S. The van der Waals surface area contributed by atoms with Crippen molar-refractivity contribution in [1.29, 1.82) is 0 Å². The molecule has 0 aliphatic rings. The van der Waals surface area contributed by atoms with Gasteiger partial charge in [-0.2, -0.15) is 0 Å². The number of anilines is 1. The third kappa shape index (κ3) is 3.40. The van der Waals surface area contributed by atoms with Crippen LogP contribution >= 0.6 is 12.2 Å². The van der Waals surface area contributed by atoms with Gasteiger partial charge in [0.2, 0.25) is 0 Å². The van der Waals surface area contributed by atoms with Crippen molar-refractivity contribution in [3.63, 3.8) is 0 Å². The molecule has 1 aromatic heterocycles. The van der Waals surface area contributed by atoms with E-state index in [1.54, 1.807) is 25.4 Å². The molecule has 98 valence electrons. The minimum Gasteiger partial charge on any atom is -0.469 e. The lowest BCUT2D eigenvalue weighted by atomic mass is 10.1.